The highest BCUT2D eigenvalue weighted by Crippen LogP contribution is 2.15. The van der Waals surface area contributed by atoms with E-state index < -0.39 is 0 Å². The lowest BCUT2D eigenvalue weighted by atomic mass is 10.2. The molecule has 1 atom stereocenters. The molecular weight excluding hydrogens is 286 g/mol. The number of rotatable bonds is 9. The number of methoxy groups -OCH3 is 1. The van der Waals surface area contributed by atoms with Gasteiger partial charge >= 0.3 is 0 Å². The van der Waals surface area contributed by atoms with Crippen molar-refractivity contribution in [1.29, 1.82) is 0 Å². The van der Waals surface area contributed by atoms with Crippen LogP contribution in [0.15, 0.2) is 24.3 Å². The van der Waals surface area contributed by atoms with E-state index in [4.69, 9.17) is 15.2 Å². The smallest absolute Gasteiger partial charge is 0.243 e. The molecule has 1 aromatic rings. The minimum absolute atomic E-state index is 0.104. The molecule has 0 bridgehead atoms. The second kappa shape index (κ2) is 9.75. The number of carbonyl (C=O) groups excluding carboxylic acids is 2. The van der Waals surface area contributed by atoms with Crippen LogP contribution in [0.25, 0.3) is 0 Å². The predicted molar refractivity (Wildman–Crippen MR) is 83.7 cm³/mol. The fourth-order valence-corrected chi connectivity index (χ4v) is 1.73. The minimum Gasteiger partial charge on any atom is -0.494 e. The van der Waals surface area contributed by atoms with E-state index in [1.807, 2.05) is 6.92 Å². The first-order chi connectivity index (χ1) is 10.6. The molecule has 2 amide bonds. The molecule has 22 heavy (non-hydrogen) atoms. The summed E-state index contributed by atoms with van der Waals surface area (Å²) in [5.41, 5.74) is 6.07. The van der Waals surface area contributed by atoms with Gasteiger partial charge in [0.2, 0.25) is 11.8 Å². The molecule has 1 rings (SSSR count). The number of hydrogen-bond acceptors (Lipinski definition) is 5. The number of nitrogens with one attached hydrogen (secondary N) is 2. The third-order valence-corrected chi connectivity index (χ3v) is 2.90. The van der Waals surface area contributed by atoms with Gasteiger partial charge in [-0.05, 0) is 31.2 Å². The Morgan fingerprint density at radius 3 is 2.45 bits per heavy atom. The molecule has 0 saturated heterocycles. The fourth-order valence-electron chi connectivity index (χ4n) is 1.73. The summed E-state index contributed by atoms with van der Waals surface area (Å²) in [6, 6.07) is 7.00. The quantitative estimate of drug-likeness (QED) is 0.616. The molecule has 0 aliphatic carbocycles. The SMILES string of the molecule is CCOc1ccc(NC(=O)CNC(=O)CC(CN)OC)cc1. The molecular formula is C15H23N3O4. The van der Waals surface area contributed by atoms with Crippen LogP contribution in [-0.2, 0) is 14.3 Å². The van der Waals surface area contributed by atoms with E-state index in [1.165, 1.54) is 7.11 Å². The molecule has 0 spiro atoms. The molecule has 1 unspecified atom stereocenters. The average molecular weight is 309 g/mol. The average Bonchev–Trinajstić information content (AvgIpc) is 2.53. The van der Waals surface area contributed by atoms with E-state index in [2.05, 4.69) is 10.6 Å². The van der Waals surface area contributed by atoms with Crippen molar-refractivity contribution in [3.8, 4) is 5.75 Å². The van der Waals surface area contributed by atoms with Gasteiger partial charge in [-0.1, -0.05) is 0 Å². The van der Waals surface area contributed by atoms with Crippen LogP contribution >= 0.6 is 0 Å². The molecule has 0 aliphatic rings. The van der Waals surface area contributed by atoms with E-state index in [0.717, 1.165) is 5.75 Å². The van der Waals surface area contributed by atoms with Gasteiger partial charge in [0.05, 0.1) is 25.7 Å². The normalized spacial score (nSPS) is 11.6. The molecule has 7 nitrogen and oxygen atoms in total. The molecule has 0 fully saturated rings. The topological polar surface area (TPSA) is 103 Å². The summed E-state index contributed by atoms with van der Waals surface area (Å²) in [5.74, 6) is 0.152. The summed E-state index contributed by atoms with van der Waals surface area (Å²) in [5, 5.41) is 5.20. The third-order valence-electron chi connectivity index (χ3n) is 2.90. The number of benzene rings is 1. The summed E-state index contributed by atoms with van der Waals surface area (Å²) in [4.78, 5) is 23.3. The highest BCUT2D eigenvalue weighted by atomic mass is 16.5. The lowest BCUT2D eigenvalue weighted by Gasteiger charge is -2.12. The number of carbonyl (C=O) groups is 2. The Bertz CT molecular complexity index is 472. The van der Waals surface area contributed by atoms with Crippen LogP contribution in [0.5, 0.6) is 5.75 Å². The Hall–Kier alpha value is -2.12. The number of hydrogen-bond donors (Lipinski definition) is 3. The molecule has 122 valence electrons. The van der Waals surface area contributed by atoms with Gasteiger partial charge in [-0.25, -0.2) is 0 Å². The largest absolute Gasteiger partial charge is 0.494 e. The van der Waals surface area contributed by atoms with Gasteiger partial charge in [-0.15, -0.1) is 0 Å². The van der Waals surface area contributed by atoms with Crippen molar-refractivity contribution in [2.75, 3.05) is 32.1 Å². The maximum absolute atomic E-state index is 11.7. The molecule has 7 heteroatoms. The summed E-state index contributed by atoms with van der Waals surface area (Å²) >= 11 is 0. The molecule has 0 saturated carbocycles. The van der Waals surface area contributed by atoms with Gasteiger partial charge in [0.15, 0.2) is 0 Å². The maximum atomic E-state index is 11.7. The molecule has 0 heterocycles. The first-order valence-corrected chi connectivity index (χ1v) is 7.11. The van der Waals surface area contributed by atoms with Crippen molar-refractivity contribution in [3.05, 3.63) is 24.3 Å². The van der Waals surface area contributed by atoms with E-state index in [9.17, 15) is 9.59 Å². The molecule has 0 aliphatic heterocycles. The monoisotopic (exact) mass is 309 g/mol. The van der Waals surface area contributed by atoms with E-state index in [-0.39, 0.29) is 37.4 Å². The second-order valence-electron chi connectivity index (χ2n) is 4.58. The summed E-state index contributed by atoms with van der Waals surface area (Å²) in [7, 11) is 1.49. The van der Waals surface area contributed by atoms with Crippen LogP contribution in [0.2, 0.25) is 0 Å². The van der Waals surface area contributed by atoms with Crippen molar-refractivity contribution >= 4 is 17.5 Å². The van der Waals surface area contributed by atoms with E-state index >= 15 is 0 Å². The molecule has 4 N–H and O–H groups in total. The summed E-state index contributed by atoms with van der Waals surface area (Å²) in [6.07, 6.45) is -0.210. The zero-order valence-electron chi connectivity index (χ0n) is 12.9. The van der Waals surface area contributed by atoms with Gasteiger partial charge in [0.1, 0.15) is 5.75 Å². The van der Waals surface area contributed by atoms with Crippen molar-refractivity contribution < 1.29 is 19.1 Å². The predicted octanol–water partition coefficient (Wildman–Crippen LogP) is 0.504. The minimum atomic E-state index is -0.339. The van der Waals surface area contributed by atoms with Gasteiger partial charge in [0.25, 0.3) is 0 Å². The second-order valence-corrected chi connectivity index (χ2v) is 4.58. The van der Waals surface area contributed by atoms with Crippen molar-refractivity contribution in [1.82, 2.24) is 5.32 Å². The van der Waals surface area contributed by atoms with Gasteiger partial charge < -0.3 is 25.8 Å². The van der Waals surface area contributed by atoms with Crippen LogP contribution in [0.4, 0.5) is 5.69 Å². The first kappa shape index (κ1) is 17.9. The summed E-state index contributed by atoms with van der Waals surface area (Å²) < 4.78 is 10.3. The van der Waals surface area contributed by atoms with Gasteiger partial charge in [-0.3, -0.25) is 9.59 Å². The van der Waals surface area contributed by atoms with E-state index in [0.29, 0.717) is 12.3 Å². The van der Waals surface area contributed by atoms with Crippen molar-refractivity contribution in [2.24, 2.45) is 5.73 Å². The van der Waals surface area contributed by atoms with Crippen molar-refractivity contribution in [3.63, 3.8) is 0 Å². The molecule has 1 aromatic carbocycles. The highest BCUT2D eigenvalue weighted by Gasteiger charge is 2.12. The number of ether oxygens (including phenoxy) is 2. The number of anilines is 1. The van der Waals surface area contributed by atoms with Gasteiger partial charge in [0, 0.05) is 19.3 Å². The Morgan fingerprint density at radius 1 is 1.23 bits per heavy atom. The lowest BCUT2D eigenvalue weighted by molar-refractivity contribution is -0.125. The zero-order valence-corrected chi connectivity index (χ0v) is 12.9. The lowest BCUT2D eigenvalue weighted by Crippen LogP contribution is -2.36. The Balaban J connectivity index is 2.35. The zero-order chi connectivity index (χ0) is 16.4. The van der Waals surface area contributed by atoms with Crippen LogP contribution < -0.4 is 21.1 Å². The third kappa shape index (κ3) is 6.55. The number of amides is 2. The first-order valence-electron chi connectivity index (χ1n) is 7.11. The Kier molecular flexibility index (Phi) is 7.95. The number of nitrogens with two attached hydrogens (primary N) is 1. The highest BCUT2D eigenvalue weighted by molar-refractivity contribution is 5.94. The van der Waals surface area contributed by atoms with Crippen LogP contribution in [0.1, 0.15) is 13.3 Å². The van der Waals surface area contributed by atoms with Crippen molar-refractivity contribution in [2.45, 2.75) is 19.4 Å². The van der Waals surface area contributed by atoms with Crippen LogP contribution in [0, 0.1) is 0 Å². The fraction of sp³-hybridized carbons (Fsp3) is 0.467. The van der Waals surface area contributed by atoms with Crippen LogP contribution in [0.3, 0.4) is 0 Å². The maximum Gasteiger partial charge on any atom is 0.243 e. The Labute approximate surface area is 130 Å². The van der Waals surface area contributed by atoms with Crippen LogP contribution in [-0.4, -0.2) is 44.7 Å². The standard InChI is InChI=1S/C15H23N3O4/c1-3-22-12-6-4-11(5-7-12)18-15(20)10-17-14(19)8-13(9-16)21-2/h4-7,13H,3,8-10,16H2,1-2H3,(H,17,19)(H,18,20). The van der Waals surface area contributed by atoms with Gasteiger partial charge in [-0.2, -0.15) is 0 Å². The Morgan fingerprint density at radius 2 is 1.91 bits per heavy atom. The summed E-state index contributed by atoms with van der Waals surface area (Å²) in [6.45, 7) is 2.63. The van der Waals surface area contributed by atoms with E-state index in [1.54, 1.807) is 24.3 Å². The molecule has 0 aromatic heterocycles. The molecule has 0 radical (unpaired) electrons.